The molecule has 1 aliphatic heterocycles. The summed E-state index contributed by atoms with van der Waals surface area (Å²) in [4.78, 5) is 17.8. The van der Waals surface area contributed by atoms with Crippen LogP contribution in [0.25, 0.3) is 0 Å². The molecule has 0 fully saturated rings. The number of allylic oxidation sites excluding steroid dienone is 3. The van der Waals surface area contributed by atoms with Crippen molar-refractivity contribution in [2.24, 2.45) is 11.1 Å². The molecular weight excluding hydrogens is 460 g/mol. The van der Waals surface area contributed by atoms with Gasteiger partial charge in [0.25, 0.3) is 0 Å². The van der Waals surface area contributed by atoms with Crippen LogP contribution in [0, 0.1) is 35.0 Å². The minimum Gasteiger partial charge on any atom is -0.384 e. The van der Waals surface area contributed by atoms with Gasteiger partial charge in [0.05, 0.1) is 23.1 Å². The lowest BCUT2D eigenvalue weighted by Gasteiger charge is -2.43. The number of carbonyl (C=O) groups excluding carboxylic acids is 1. The maximum absolute atomic E-state index is 13.7. The van der Waals surface area contributed by atoms with Crippen LogP contribution in [0.15, 0.2) is 34.1 Å². The van der Waals surface area contributed by atoms with Crippen molar-refractivity contribution in [3.63, 3.8) is 0 Å². The third-order valence-electron chi connectivity index (χ3n) is 7.26. The molecule has 0 saturated heterocycles. The number of rotatable bonds is 2. The Morgan fingerprint density at radius 1 is 1.15 bits per heavy atom. The molecule has 1 atom stereocenters. The maximum atomic E-state index is 13.7. The molecule has 0 radical (unpaired) electrons. The second-order valence-corrected chi connectivity index (χ2v) is 12.3. The van der Waals surface area contributed by atoms with Crippen molar-refractivity contribution in [3.05, 3.63) is 60.6 Å². The molecule has 0 unspecified atom stereocenters. The highest BCUT2D eigenvalue weighted by Crippen LogP contribution is 2.53. The van der Waals surface area contributed by atoms with Crippen LogP contribution in [0.4, 0.5) is 5.00 Å². The topological polar surface area (TPSA) is 93.9 Å². The number of ketones is 1. The number of nitriles is 2. The highest BCUT2D eigenvalue weighted by Gasteiger charge is 2.46. The van der Waals surface area contributed by atoms with Crippen molar-refractivity contribution in [2.45, 2.75) is 71.6 Å². The van der Waals surface area contributed by atoms with E-state index in [1.165, 1.54) is 11.3 Å². The quantitative estimate of drug-likeness (QED) is 0.508. The second kappa shape index (κ2) is 8.41. The summed E-state index contributed by atoms with van der Waals surface area (Å²) in [5.74, 6) is -0.00782. The van der Waals surface area contributed by atoms with Crippen LogP contribution in [0.2, 0.25) is 0 Å². The molecule has 5 nitrogen and oxygen atoms in total. The van der Waals surface area contributed by atoms with Crippen LogP contribution in [0.1, 0.15) is 78.3 Å². The van der Waals surface area contributed by atoms with Crippen LogP contribution in [0.5, 0.6) is 0 Å². The molecule has 0 saturated carbocycles. The molecule has 2 aliphatic carbocycles. The molecule has 34 heavy (non-hydrogen) atoms. The fourth-order valence-electron chi connectivity index (χ4n) is 5.68. The lowest BCUT2D eigenvalue weighted by molar-refractivity contribution is -0.118. The number of hydrogen-bond donors (Lipinski definition) is 1. The summed E-state index contributed by atoms with van der Waals surface area (Å²) >= 11 is 3.19. The first-order valence-electron chi connectivity index (χ1n) is 11.8. The van der Waals surface area contributed by atoms with Gasteiger partial charge in [-0.3, -0.25) is 9.69 Å². The summed E-state index contributed by atoms with van der Waals surface area (Å²) in [5.41, 5.74) is 11.4. The lowest BCUT2D eigenvalue weighted by atomic mass is 9.69. The van der Waals surface area contributed by atoms with Gasteiger partial charge in [-0.25, -0.2) is 0 Å². The van der Waals surface area contributed by atoms with E-state index in [-0.39, 0.29) is 11.2 Å². The molecular formula is C27H28N4OS2. The van der Waals surface area contributed by atoms with E-state index in [9.17, 15) is 15.3 Å². The van der Waals surface area contributed by atoms with E-state index in [0.717, 1.165) is 52.4 Å². The molecule has 2 N–H and O–H groups in total. The van der Waals surface area contributed by atoms with Gasteiger partial charge in [-0.15, -0.1) is 22.7 Å². The molecule has 7 heteroatoms. The number of hydrogen-bond acceptors (Lipinski definition) is 7. The van der Waals surface area contributed by atoms with E-state index in [1.54, 1.807) is 22.7 Å². The van der Waals surface area contributed by atoms with E-state index in [0.29, 0.717) is 35.4 Å². The molecule has 3 aliphatic rings. The zero-order valence-electron chi connectivity index (χ0n) is 19.8. The Balaban J connectivity index is 1.79. The Hall–Kier alpha value is -2.87. The highest BCUT2D eigenvalue weighted by atomic mass is 32.1. The van der Waals surface area contributed by atoms with Crippen LogP contribution >= 0.6 is 22.7 Å². The summed E-state index contributed by atoms with van der Waals surface area (Å²) < 4.78 is 0. The van der Waals surface area contributed by atoms with Crippen LogP contribution in [-0.2, 0) is 17.6 Å². The normalized spacial score (nSPS) is 22.1. The lowest BCUT2D eigenvalue weighted by Crippen LogP contribution is -2.42. The third-order valence-corrected chi connectivity index (χ3v) is 9.62. The van der Waals surface area contributed by atoms with E-state index in [4.69, 9.17) is 5.73 Å². The van der Waals surface area contributed by atoms with Gasteiger partial charge in [0.2, 0.25) is 0 Å². The van der Waals surface area contributed by atoms with Crippen LogP contribution in [0.3, 0.4) is 0 Å². The van der Waals surface area contributed by atoms with Crippen molar-refractivity contribution >= 4 is 33.5 Å². The molecule has 5 rings (SSSR count). The van der Waals surface area contributed by atoms with Gasteiger partial charge in [-0.05, 0) is 67.0 Å². The number of carbonyl (C=O) groups is 1. The minimum atomic E-state index is -0.442. The maximum Gasteiger partial charge on any atom is 0.162 e. The van der Waals surface area contributed by atoms with E-state index < -0.39 is 5.92 Å². The average molecular weight is 489 g/mol. The first-order valence-corrected chi connectivity index (χ1v) is 13.5. The molecule has 3 heterocycles. The van der Waals surface area contributed by atoms with Gasteiger partial charge in [0.1, 0.15) is 16.9 Å². The average Bonchev–Trinajstić information content (AvgIpc) is 3.26. The Kier molecular flexibility index (Phi) is 5.67. The molecule has 0 aromatic carbocycles. The number of nitrogens with two attached hydrogens (primary N) is 1. The summed E-state index contributed by atoms with van der Waals surface area (Å²) in [6.07, 6.45) is 6.33. The van der Waals surface area contributed by atoms with Gasteiger partial charge >= 0.3 is 0 Å². The summed E-state index contributed by atoms with van der Waals surface area (Å²) in [6.45, 7) is 6.23. The Bertz CT molecular complexity index is 1340. The Morgan fingerprint density at radius 2 is 1.91 bits per heavy atom. The molecule has 2 aromatic heterocycles. The number of anilines is 1. The first kappa shape index (κ1) is 22.9. The van der Waals surface area contributed by atoms with Gasteiger partial charge < -0.3 is 5.73 Å². The van der Waals surface area contributed by atoms with E-state index in [2.05, 4.69) is 26.0 Å². The van der Waals surface area contributed by atoms with Gasteiger partial charge in [-0.1, -0.05) is 20.3 Å². The summed E-state index contributed by atoms with van der Waals surface area (Å²) in [6, 6.07) is 6.84. The zero-order valence-corrected chi connectivity index (χ0v) is 21.5. The largest absolute Gasteiger partial charge is 0.384 e. The number of nitrogens with zero attached hydrogens (tertiary/aromatic N) is 3. The van der Waals surface area contributed by atoms with Gasteiger partial charge in [0, 0.05) is 27.4 Å². The molecule has 0 amide bonds. The molecule has 0 bridgehead atoms. The number of thiophene rings is 2. The predicted molar refractivity (Wildman–Crippen MR) is 136 cm³/mol. The summed E-state index contributed by atoms with van der Waals surface area (Å²) in [7, 11) is 0. The number of Topliss-reactive ketones (excluding diaryl/α,β-unsaturated/α-hetero) is 1. The van der Waals surface area contributed by atoms with Crippen molar-refractivity contribution in [1.29, 1.82) is 10.5 Å². The first-order chi connectivity index (χ1) is 16.3. The SMILES string of the molecule is Cc1ccsc1[C@H]1C(C#N)=C(N)N(c2sc3c(c2C#N)CCCCC3)C2=C1C(=O)CC(C)(C)C2. The minimum absolute atomic E-state index is 0.0749. The van der Waals surface area contributed by atoms with Crippen LogP contribution in [-0.4, -0.2) is 5.78 Å². The zero-order chi connectivity index (χ0) is 24.2. The van der Waals surface area contributed by atoms with E-state index in [1.807, 2.05) is 23.3 Å². The van der Waals surface area contributed by atoms with Crippen molar-refractivity contribution in [1.82, 2.24) is 0 Å². The smallest absolute Gasteiger partial charge is 0.162 e. The third kappa shape index (κ3) is 3.50. The fraction of sp³-hybridized carbons (Fsp3) is 0.444. The molecule has 2 aromatic rings. The van der Waals surface area contributed by atoms with E-state index >= 15 is 0 Å². The van der Waals surface area contributed by atoms with Gasteiger partial charge in [-0.2, -0.15) is 10.5 Å². The molecule has 174 valence electrons. The number of fused-ring (bicyclic) bond motifs is 1. The Labute approximate surface area is 208 Å². The van der Waals surface area contributed by atoms with Gasteiger partial charge in [0.15, 0.2) is 5.78 Å². The molecule has 0 spiro atoms. The Morgan fingerprint density at radius 3 is 2.59 bits per heavy atom. The number of aryl methyl sites for hydroxylation is 2. The van der Waals surface area contributed by atoms with Crippen molar-refractivity contribution in [3.8, 4) is 12.1 Å². The predicted octanol–water partition coefficient (Wildman–Crippen LogP) is 6.20. The summed E-state index contributed by atoms with van der Waals surface area (Å²) in [5, 5.41) is 23.3. The highest BCUT2D eigenvalue weighted by molar-refractivity contribution is 7.16. The van der Waals surface area contributed by atoms with Crippen LogP contribution < -0.4 is 10.6 Å². The second-order valence-electron chi connectivity index (χ2n) is 10.3. The fourth-order valence-corrected chi connectivity index (χ4v) is 8.11. The monoisotopic (exact) mass is 488 g/mol. The standard InChI is InChI=1S/C27H28N4OS2/c1-15-9-10-33-24(15)22-18(14-29)25(30)31(19-11-27(2,3)12-20(32)23(19)22)26-17(13-28)16-7-5-4-6-8-21(16)34-26/h9-10,22H,4-8,11-12,30H2,1-3H3/t22-/m0/s1. The van der Waals surface area contributed by atoms with Crippen molar-refractivity contribution < 1.29 is 4.79 Å². The van der Waals surface area contributed by atoms with Crippen molar-refractivity contribution in [2.75, 3.05) is 4.90 Å².